The van der Waals surface area contributed by atoms with Gasteiger partial charge in [0.2, 0.25) is 5.78 Å². The number of hydrogen-bond acceptors (Lipinski definition) is 6. The summed E-state index contributed by atoms with van der Waals surface area (Å²) >= 11 is 1.30. The molecular formula is C23H16O5S. The third kappa shape index (κ3) is 3.97. The summed E-state index contributed by atoms with van der Waals surface area (Å²) in [6, 6.07) is 15.8. The maximum atomic E-state index is 12.5. The molecule has 0 N–H and O–H groups in total. The van der Waals surface area contributed by atoms with Crippen molar-refractivity contribution in [2.75, 3.05) is 7.11 Å². The lowest BCUT2D eigenvalue weighted by Gasteiger charge is -2.04. The second-order valence-electron chi connectivity index (χ2n) is 6.09. The highest BCUT2D eigenvalue weighted by Gasteiger charge is 2.27. The fourth-order valence-electron chi connectivity index (χ4n) is 2.84. The van der Waals surface area contributed by atoms with Gasteiger partial charge in [-0.05, 0) is 35.7 Å². The lowest BCUT2D eigenvalue weighted by atomic mass is 10.1. The minimum Gasteiger partial charge on any atom is -0.496 e. The van der Waals surface area contributed by atoms with Gasteiger partial charge >= 0.3 is 5.97 Å². The van der Waals surface area contributed by atoms with Crippen LogP contribution < -0.4 is 14.2 Å². The molecule has 29 heavy (non-hydrogen) atoms. The summed E-state index contributed by atoms with van der Waals surface area (Å²) in [5, 5.41) is 1.80. The van der Waals surface area contributed by atoms with Gasteiger partial charge in [0.15, 0.2) is 5.76 Å². The van der Waals surface area contributed by atoms with Crippen molar-refractivity contribution < 1.29 is 23.8 Å². The van der Waals surface area contributed by atoms with E-state index in [-0.39, 0.29) is 11.5 Å². The molecule has 144 valence electrons. The fraction of sp³-hybridized carbons (Fsp3) is 0.0435. The molecule has 4 rings (SSSR count). The van der Waals surface area contributed by atoms with E-state index in [2.05, 4.69) is 0 Å². The molecule has 6 heteroatoms. The van der Waals surface area contributed by atoms with E-state index in [0.717, 1.165) is 11.3 Å². The monoisotopic (exact) mass is 404 g/mol. The van der Waals surface area contributed by atoms with Crippen LogP contribution in [0.25, 0.3) is 6.08 Å². The molecule has 0 bridgehead atoms. The SMILES string of the molecule is COc1ccccc1/C=C/C=C1/Oc2cc(OC(=O)c3cccs3)ccc2C1=O. The van der Waals surface area contributed by atoms with Crippen molar-refractivity contribution in [3.63, 3.8) is 0 Å². The molecule has 0 unspecified atom stereocenters. The van der Waals surface area contributed by atoms with Crippen LogP contribution in [0.1, 0.15) is 25.6 Å². The van der Waals surface area contributed by atoms with E-state index in [1.807, 2.05) is 30.3 Å². The number of para-hydroxylation sites is 1. The van der Waals surface area contributed by atoms with Crippen LogP contribution in [0, 0.1) is 0 Å². The highest BCUT2D eigenvalue weighted by Crippen LogP contribution is 2.34. The molecule has 0 fully saturated rings. The predicted octanol–water partition coefficient (Wildman–Crippen LogP) is 5.15. The average molecular weight is 404 g/mol. The largest absolute Gasteiger partial charge is 0.496 e. The van der Waals surface area contributed by atoms with E-state index in [1.54, 1.807) is 55.0 Å². The van der Waals surface area contributed by atoms with Crippen LogP contribution in [-0.2, 0) is 0 Å². The molecule has 0 aliphatic carbocycles. The van der Waals surface area contributed by atoms with Crippen molar-refractivity contribution in [3.8, 4) is 17.2 Å². The molecule has 2 heterocycles. The lowest BCUT2D eigenvalue weighted by Crippen LogP contribution is -2.06. The highest BCUT2D eigenvalue weighted by atomic mass is 32.1. The fourth-order valence-corrected chi connectivity index (χ4v) is 3.44. The number of Topliss-reactive ketones (excluding diaryl/α,β-unsaturated/α-hetero) is 1. The first-order valence-corrected chi connectivity index (χ1v) is 9.67. The normalized spacial score (nSPS) is 14.1. The topological polar surface area (TPSA) is 61.8 Å². The van der Waals surface area contributed by atoms with Crippen LogP contribution in [0.15, 0.2) is 77.9 Å². The van der Waals surface area contributed by atoms with Crippen LogP contribution in [0.5, 0.6) is 17.2 Å². The number of ketones is 1. The maximum Gasteiger partial charge on any atom is 0.353 e. The van der Waals surface area contributed by atoms with Crippen LogP contribution >= 0.6 is 11.3 Å². The Bertz CT molecular complexity index is 1130. The quantitative estimate of drug-likeness (QED) is 0.334. The predicted molar refractivity (Wildman–Crippen MR) is 111 cm³/mol. The Balaban J connectivity index is 1.50. The van der Waals surface area contributed by atoms with Gasteiger partial charge in [-0.15, -0.1) is 11.3 Å². The Hall–Kier alpha value is -3.64. The molecule has 0 saturated heterocycles. The summed E-state index contributed by atoms with van der Waals surface area (Å²) in [5.41, 5.74) is 1.32. The van der Waals surface area contributed by atoms with E-state index >= 15 is 0 Å². The van der Waals surface area contributed by atoms with Crippen LogP contribution in [0.4, 0.5) is 0 Å². The lowest BCUT2D eigenvalue weighted by molar-refractivity contribution is 0.0739. The Morgan fingerprint density at radius 3 is 2.76 bits per heavy atom. The minimum atomic E-state index is -0.445. The molecule has 0 atom stereocenters. The second-order valence-corrected chi connectivity index (χ2v) is 7.04. The van der Waals surface area contributed by atoms with Gasteiger partial charge in [-0.3, -0.25) is 4.79 Å². The van der Waals surface area contributed by atoms with Gasteiger partial charge in [0.25, 0.3) is 0 Å². The number of ether oxygens (including phenoxy) is 3. The highest BCUT2D eigenvalue weighted by molar-refractivity contribution is 7.12. The molecule has 0 radical (unpaired) electrons. The van der Waals surface area contributed by atoms with Crippen molar-refractivity contribution in [1.82, 2.24) is 0 Å². The van der Waals surface area contributed by atoms with E-state index in [4.69, 9.17) is 14.2 Å². The van der Waals surface area contributed by atoms with Gasteiger partial charge in [-0.2, -0.15) is 0 Å². The summed E-state index contributed by atoms with van der Waals surface area (Å²) in [5.74, 6) is 0.957. The molecule has 3 aromatic rings. The van der Waals surface area contributed by atoms with Gasteiger partial charge in [0, 0.05) is 11.6 Å². The third-order valence-corrected chi connectivity index (χ3v) is 5.09. The van der Waals surface area contributed by atoms with E-state index in [9.17, 15) is 9.59 Å². The summed E-state index contributed by atoms with van der Waals surface area (Å²) in [4.78, 5) is 25.1. The van der Waals surface area contributed by atoms with Crippen LogP contribution in [0.3, 0.4) is 0 Å². The zero-order valence-electron chi connectivity index (χ0n) is 15.5. The van der Waals surface area contributed by atoms with E-state index in [1.165, 1.54) is 11.3 Å². The summed E-state index contributed by atoms with van der Waals surface area (Å²) < 4.78 is 16.3. The summed E-state index contributed by atoms with van der Waals surface area (Å²) in [6.45, 7) is 0. The first kappa shape index (κ1) is 18.7. The van der Waals surface area contributed by atoms with Crippen molar-refractivity contribution in [1.29, 1.82) is 0 Å². The second kappa shape index (κ2) is 8.16. The van der Waals surface area contributed by atoms with Crippen LogP contribution in [-0.4, -0.2) is 18.9 Å². The number of fused-ring (bicyclic) bond motifs is 1. The number of hydrogen-bond donors (Lipinski definition) is 0. The zero-order valence-corrected chi connectivity index (χ0v) is 16.3. The number of benzene rings is 2. The number of methoxy groups -OCH3 is 1. The maximum absolute atomic E-state index is 12.5. The summed E-state index contributed by atoms with van der Waals surface area (Å²) in [7, 11) is 1.61. The Labute approximate surface area is 171 Å². The number of thiophene rings is 1. The Kier molecular flexibility index (Phi) is 5.27. The van der Waals surface area contributed by atoms with Gasteiger partial charge in [-0.1, -0.05) is 36.4 Å². The molecule has 0 amide bonds. The molecule has 2 aromatic carbocycles. The van der Waals surface area contributed by atoms with Gasteiger partial charge in [0.1, 0.15) is 22.1 Å². The Morgan fingerprint density at radius 2 is 1.97 bits per heavy atom. The number of carbonyl (C=O) groups is 2. The van der Waals surface area contributed by atoms with E-state index in [0.29, 0.717) is 21.9 Å². The first-order valence-electron chi connectivity index (χ1n) is 8.79. The van der Waals surface area contributed by atoms with Gasteiger partial charge < -0.3 is 14.2 Å². The number of carbonyl (C=O) groups excluding carboxylic acids is 2. The molecule has 0 saturated carbocycles. The molecule has 1 aromatic heterocycles. The molecule has 5 nitrogen and oxygen atoms in total. The van der Waals surface area contributed by atoms with Crippen molar-refractivity contribution in [3.05, 3.63) is 93.9 Å². The number of rotatable bonds is 5. The molecule has 1 aliphatic heterocycles. The molecule has 1 aliphatic rings. The van der Waals surface area contributed by atoms with Crippen molar-refractivity contribution in [2.24, 2.45) is 0 Å². The standard InChI is InChI=1S/C23H16O5S/c1-26-18-8-3-2-6-15(18)7-4-9-19-22(24)17-12-11-16(14-20(17)28-19)27-23(25)21-10-5-13-29-21/h2-14H,1H3/b7-4+,19-9+. The van der Waals surface area contributed by atoms with E-state index < -0.39 is 5.97 Å². The van der Waals surface area contributed by atoms with Gasteiger partial charge in [0.05, 0.1) is 12.7 Å². The number of esters is 1. The first-order chi connectivity index (χ1) is 14.2. The van der Waals surface area contributed by atoms with Crippen LogP contribution in [0.2, 0.25) is 0 Å². The minimum absolute atomic E-state index is 0.202. The summed E-state index contributed by atoms with van der Waals surface area (Å²) in [6.07, 6.45) is 5.17. The van der Waals surface area contributed by atoms with Gasteiger partial charge in [-0.25, -0.2) is 4.79 Å². The molecular weight excluding hydrogens is 388 g/mol. The van der Waals surface area contributed by atoms with Crippen molar-refractivity contribution in [2.45, 2.75) is 0 Å². The van der Waals surface area contributed by atoms with Crippen molar-refractivity contribution >= 4 is 29.2 Å². The number of allylic oxidation sites excluding steroid dienone is 3. The average Bonchev–Trinajstić information content (AvgIpc) is 3.37. The smallest absolute Gasteiger partial charge is 0.353 e. The zero-order chi connectivity index (χ0) is 20.2. The third-order valence-electron chi connectivity index (χ3n) is 4.24. The molecule has 0 spiro atoms. The Morgan fingerprint density at radius 1 is 1.10 bits per heavy atom.